The van der Waals surface area contributed by atoms with Gasteiger partial charge < -0.3 is 4.79 Å². The van der Waals surface area contributed by atoms with Crippen molar-refractivity contribution in [3.05, 3.63) is 66.2 Å². The van der Waals surface area contributed by atoms with Crippen molar-refractivity contribution >= 4 is 45.6 Å². The smallest absolute Gasteiger partial charge is 0.173 e. The maximum absolute atomic E-state index is 11.8. The highest BCUT2D eigenvalue weighted by atomic mass is 32.1. The zero-order valence-electron chi connectivity index (χ0n) is 26.5. The third-order valence-electron chi connectivity index (χ3n) is 4.63. The van der Waals surface area contributed by atoms with Crippen LogP contribution in [0.1, 0.15) is 113 Å². The van der Waals surface area contributed by atoms with Gasteiger partial charge in [0.2, 0.25) is 0 Å². The first kappa shape index (κ1) is 37.0. The summed E-state index contributed by atoms with van der Waals surface area (Å²) in [6.07, 6.45) is 1.32. The third-order valence-corrected chi connectivity index (χ3v) is 7.41. The van der Waals surface area contributed by atoms with Crippen LogP contribution in [0.3, 0.4) is 0 Å². The molecule has 0 radical (unpaired) electrons. The first-order valence-electron chi connectivity index (χ1n) is 13.3. The molecule has 0 unspecified atom stereocenters. The molecule has 216 valence electrons. The van der Waals surface area contributed by atoms with Crippen LogP contribution in [0.4, 0.5) is 0 Å². The normalized spacial score (nSPS) is 10.9. The largest absolute Gasteiger partial charge is 0.300 e. The molecule has 5 heteroatoms. The number of aryl methyl sites for hydroxylation is 3. The van der Waals surface area contributed by atoms with E-state index in [1.54, 1.807) is 40.9 Å². The Morgan fingerprint density at radius 2 is 1.36 bits per heavy atom. The number of rotatable bonds is 3. The van der Waals surface area contributed by atoms with E-state index in [9.17, 15) is 9.59 Å². The fraction of sp³-hybridized carbons (Fsp3) is 0.529. The van der Waals surface area contributed by atoms with Crippen molar-refractivity contribution in [3.8, 4) is 11.8 Å². The molecule has 0 fully saturated rings. The van der Waals surface area contributed by atoms with Gasteiger partial charge >= 0.3 is 0 Å². The predicted octanol–water partition coefficient (Wildman–Crippen LogP) is 11.2. The van der Waals surface area contributed by atoms with Crippen molar-refractivity contribution in [2.75, 3.05) is 0 Å². The highest BCUT2D eigenvalue weighted by Gasteiger charge is 2.19. The number of hydrogen-bond acceptors (Lipinski definition) is 5. The molecule has 0 aliphatic rings. The SMILES string of the molecule is CC(=O)CC(C)(C)C.Cc1cc(C(=O)CC(C)(C)C)sc1C.Cc1csc(C#CC(C)(C)C)c1.c1ccsc1. The molecular formula is C34H50O2S3. The van der Waals surface area contributed by atoms with Gasteiger partial charge in [-0.05, 0) is 98.7 Å². The van der Waals surface area contributed by atoms with E-state index < -0.39 is 0 Å². The minimum Gasteiger partial charge on any atom is -0.300 e. The van der Waals surface area contributed by atoms with Crippen LogP contribution in [0.25, 0.3) is 0 Å². The number of thiophene rings is 3. The van der Waals surface area contributed by atoms with Gasteiger partial charge in [0.25, 0.3) is 0 Å². The molecule has 0 saturated carbocycles. The van der Waals surface area contributed by atoms with E-state index in [-0.39, 0.29) is 27.8 Å². The highest BCUT2D eigenvalue weighted by Crippen LogP contribution is 2.27. The Morgan fingerprint density at radius 3 is 1.64 bits per heavy atom. The molecule has 39 heavy (non-hydrogen) atoms. The van der Waals surface area contributed by atoms with Crippen LogP contribution in [0.15, 0.2) is 40.4 Å². The third kappa shape index (κ3) is 21.5. The Hall–Kier alpha value is -2.00. The summed E-state index contributed by atoms with van der Waals surface area (Å²) in [7, 11) is 0. The van der Waals surface area contributed by atoms with Gasteiger partial charge in [0, 0.05) is 23.1 Å². The Kier molecular flexibility index (Phi) is 16.1. The summed E-state index contributed by atoms with van der Waals surface area (Å²) in [5, 5.41) is 6.21. The molecule has 2 nitrogen and oxygen atoms in total. The van der Waals surface area contributed by atoms with Crippen LogP contribution in [0.2, 0.25) is 0 Å². The average Bonchev–Trinajstić information content (AvgIpc) is 3.49. The van der Waals surface area contributed by atoms with Gasteiger partial charge in [-0.2, -0.15) is 11.3 Å². The van der Waals surface area contributed by atoms with Gasteiger partial charge in [0.15, 0.2) is 5.78 Å². The summed E-state index contributed by atoms with van der Waals surface area (Å²) in [5.41, 5.74) is 2.90. The number of hydrogen-bond donors (Lipinski definition) is 0. The molecule has 3 aromatic rings. The minimum absolute atomic E-state index is 0.0862. The van der Waals surface area contributed by atoms with Gasteiger partial charge in [-0.25, -0.2) is 0 Å². The molecule has 0 aliphatic heterocycles. The highest BCUT2D eigenvalue weighted by molar-refractivity contribution is 7.14. The van der Waals surface area contributed by atoms with Crippen LogP contribution in [0, 0.1) is 48.9 Å². The molecule has 0 amide bonds. The number of ketones is 2. The molecule has 0 N–H and O–H groups in total. The number of Topliss-reactive ketones (excluding diaryl/α,β-unsaturated/α-hetero) is 2. The van der Waals surface area contributed by atoms with Crippen LogP contribution in [-0.2, 0) is 4.79 Å². The maximum atomic E-state index is 11.8. The Bertz CT molecular complexity index is 1140. The Balaban J connectivity index is 0.000000523. The summed E-state index contributed by atoms with van der Waals surface area (Å²) in [6.45, 7) is 26.7. The zero-order chi connectivity index (χ0) is 30.4. The van der Waals surface area contributed by atoms with Crippen molar-refractivity contribution < 1.29 is 9.59 Å². The molecular weight excluding hydrogens is 537 g/mol. The molecule has 0 atom stereocenters. The van der Waals surface area contributed by atoms with Crippen molar-refractivity contribution in [3.63, 3.8) is 0 Å². The summed E-state index contributed by atoms with van der Waals surface area (Å²) in [5.74, 6) is 6.94. The van der Waals surface area contributed by atoms with E-state index in [1.807, 2.05) is 29.0 Å². The molecule has 0 bridgehead atoms. The molecule has 0 aliphatic carbocycles. The molecule has 3 aromatic heterocycles. The second-order valence-electron chi connectivity index (χ2n) is 13.2. The van der Waals surface area contributed by atoms with Crippen molar-refractivity contribution in [1.82, 2.24) is 0 Å². The van der Waals surface area contributed by atoms with Gasteiger partial charge in [0.1, 0.15) is 5.78 Å². The maximum Gasteiger partial charge on any atom is 0.173 e. The predicted molar refractivity (Wildman–Crippen MR) is 177 cm³/mol. The summed E-state index contributed by atoms with van der Waals surface area (Å²) in [4.78, 5) is 25.6. The molecule has 3 rings (SSSR count). The second kappa shape index (κ2) is 17.0. The van der Waals surface area contributed by atoms with E-state index in [0.29, 0.717) is 12.8 Å². The Morgan fingerprint density at radius 1 is 0.821 bits per heavy atom. The summed E-state index contributed by atoms with van der Waals surface area (Å²) < 4.78 is 0. The topological polar surface area (TPSA) is 34.1 Å². The Labute approximate surface area is 251 Å². The standard InChI is InChI=1S/C12H18OS.C11H14S.C7H14O.C4H4S/c1-8-6-11(14-9(8)2)10(13)7-12(3,4)5;1-9-7-10(12-8-9)5-6-11(2,3)4;1-6(8)5-7(2,3)4;1-2-4-5-3-1/h6H,7H2,1-5H3;7-8H,1-4H3;5H2,1-4H3;1-4H. The monoisotopic (exact) mass is 586 g/mol. The van der Waals surface area contributed by atoms with E-state index in [4.69, 9.17) is 0 Å². The lowest BCUT2D eigenvalue weighted by Gasteiger charge is -2.15. The second-order valence-corrected chi connectivity index (χ2v) is 16.2. The van der Waals surface area contributed by atoms with E-state index in [1.165, 1.54) is 20.9 Å². The van der Waals surface area contributed by atoms with Crippen LogP contribution in [0.5, 0.6) is 0 Å². The van der Waals surface area contributed by atoms with Gasteiger partial charge in [0.05, 0.1) is 9.75 Å². The summed E-state index contributed by atoms with van der Waals surface area (Å²) >= 11 is 5.04. The van der Waals surface area contributed by atoms with Crippen LogP contribution >= 0.6 is 34.0 Å². The van der Waals surface area contributed by atoms with Crippen molar-refractivity contribution in [1.29, 1.82) is 0 Å². The summed E-state index contributed by atoms with van der Waals surface area (Å²) in [6, 6.07) is 8.17. The van der Waals surface area contributed by atoms with Crippen molar-refractivity contribution in [2.24, 2.45) is 16.2 Å². The van der Waals surface area contributed by atoms with Gasteiger partial charge in [-0.3, -0.25) is 4.79 Å². The number of carbonyl (C=O) groups excluding carboxylic acids is 2. The van der Waals surface area contributed by atoms with E-state index in [2.05, 4.69) is 106 Å². The quantitative estimate of drug-likeness (QED) is 0.226. The molecule has 0 saturated heterocycles. The first-order valence-corrected chi connectivity index (χ1v) is 16.0. The van der Waals surface area contributed by atoms with Gasteiger partial charge in [-0.1, -0.05) is 65.5 Å². The first-order chi connectivity index (χ1) is 17.7. The average molecular weight is 587 g/mol. The fourth-order valence-electron chi connectivity index (χ4n) is 3.00. The van der Waals surface area contributed by atoms with Crippen molar-refractivity contribution in [2.45, 2.75) is 103 Å². The van der Waals surface area contributed by atoms with Crippen LogP contribution in [-0.4, -0.2) is 11.6 Å². The fourth-order valence-corrected chi connectivity index (χ4v) is 5.17. The molecule has 0 aromatic carbocycles. The van der Waals surface area contributed by atoms with Gasteiger partial charge in [-0.15, -0.1) is 22.7 Å². The lowest BCUT2D eigenvalue weighted by molar-refractivity contribution is -0.118. The van der Waals surface area contributed by atoms with E-state index >= 15 is 0 Å². The minimum atomic E-state index is 0.0862. The number of carbonyl (C=O) groups is 2. The molecule has 0 spiro atoms. The zero-order valence-corrected chi connectivity index (χ0v) is 28.9. The van der Waals surface area contributed by atoms with E-state index in [0.717, 1.165) is 4.88 Å². The molecule has 3 heterocycles. The lowest BCUT2D eigenvalue weighted by atomic mass is 9.89. The van der Waals surface area contributed by atoms with Crippen LogP contribution < -0.4 is 0 Å². The lowest BCUT2D eigenvalue weighted by Crippen LogP contribution is -2.11.